The molecule has 1 atom stereocenters. The van der Waals surface area contributed by atoms with Crippen molar-refractivity contribution in [3.05, 3.63) is 54.2 Å². The molecule has 4 rings (SSSR count). The number of piperazine rings is 1. The van der Waals surface area contributed by atoms with Gasteiger partial charge in [0, 0.05) is 32.3 Å². The summed E-state index contributed by atoms with van der Waals surface area (Å²) in [5, 5.41) is 2.98. The van der Waals surface area contributed by atoms with Crippen molar-refractivity contribution in [1.29, 1.82) is 0 Å². The van der Waals surface area contributed by atoms with E-state index < -0.39 is 11.9 Å². The van der Waals surface area contributed by atoms with Crippen LogP contribution in [0.3, 0.4) is 0 Å². The molecule has 1 aromatic carbocycles. The fraction of sp³-hybridized carbons (Fsp3) is 0.348. The van der Waals surface area contributed by atoms with Gasteiger partial charge in [-0.15, -0.1) is 0 Å². The van der Waals surface area contributed by atoms with Crippen LogP contribution in [-0.4, -0.2) is 67.3 Å². The van der Waals surface area contributed by atoms with E-state index in [4.69, 9.17) is 21.4 Å². The van der Waals surface area contributed by atoms with Gasteiger partial charge in [0.15, 0.2) is 0 Å². The summed E-state index contributed by atoms with van der Waals surface area (Å²) in [5.41, 5.74) is 0.888. The van der Waals surface area contributed by atoms with Crippen LogP contribution in [0.5, 0.6) is 0 Å². The molecule has 2 saturated heterocycles. The number of cyclic esters (lactones) is 1. The highest BCUT2D eigenvalue weighted by Gasteiger charge is 2.33. The van der Waals surface area contributed by atoms with Crippen molar-refractivity contribution < 1.29 is 23.1 Å². The summed E-state index contributed by atoms with van der Waals surface area (Å²) >= 11 is 4.98. The zero-order chi connectivity index (χ0) is 23.4. The molecule has 33 heavy (non-hydrogen) atoms. The molecule has 174 valence electrons. The van der Waals surface area contributed by atoms with Gasteiger partial charge in [0.2, 0.25) is 5.91 Å². The van der Waals surface area contributed by atoms with Crippen LogP contribution < -0.4 is 15.1 Å². The van der Waals surface area contributed by atoms with Crippen LogP contribution >= 0.6 is 12.2 Å². The van der Waals surface area contributed by atoms with E-state index in [1.165, 1.54) is 17.0 Å². The lowest BCUT2D eigenvalue weighted by Gasteiger charge is -2.36. The van der Waals surface area contributed by atoms with Crippen molar-refractivity contribution >= 4 is 46.7 Å². The number of nitrogens with one attached hydrogen (secondary N) is 1. The van der Waals surface area contributed by atoms with E-state index in [-0.39, 0.29) is 12.0 Å². The fourth-order valence-electron chi connectivity index (χ4n) is 3.83. The quantitative estimate of drug-likeness (QED) is 0.512. The summed E-state index contributed by atoms with van der Waals surface area (Å²) in [6.45, 7) is 4.46. The third kappa shape index (κ3) is 5.51. The number of hydrogen-bond donors (Lipinski definition) is 1. The molecule has 2 aliphatic rings. The summed E-state index contributed by atoms with van der Waals surface area (Å²) in [7, 11) is 0. The van der Waals surface area contributed by atoms with E-state index in [2.05, 4.69) is 5.32 Å². The second kappa shape index (κ2) is 10.0. The van der Waals surface area contributed by atoms with E-state index >= 15 is 0 Å². The fourth-order valence-corrected chi connectivity index (χ4v) is 3.91. The lowest BCUT2D eigenvalue weighted by Crippen LogP contribution is -2.48. The van der Waals surface area contributed by atoms with Gasteiger partial charge in [-0.3, -0.25) is 9.69 Å². The predicted octanol–water partition coefficient (Wildman–Crippen LogP) is 3.04. The molecule has 0 radical (unpaired) electrons. The highest BCUT2D eigenvalue weighted by atomic mass is 32.1. The molecule has 0 bridgehead atoms. The Bertz CT molecular complexity index is 1050. The predicted molar refractivity (Wildman–Crippen MR) is 127 cm³/mol. The Morgan fingerprint density at radius 3 is 2.73 bits per heavy atom. The van der Waals surface area contributed by atoms with Gasteiger partial charge in [0.05, 0.1) is 35.7 Å². The summed E-state index contributed by atoms with van der Waals surface area (Å²) in [6.07, 6.45) is 3.80. The maximum Gasteiger partial charge on any atom is 0.414 e. The van der Waals surface area contributed by atoms with Crippen LogP contribution in [0.25, 0.3) is 6.08 Å². The summed E-state index contributed by atoms with van der Waals surface area (Å²) in [6, 6.07) is 8.25. The molecule has 1 aromatic heterocycles. The number of thiocarbonyl (C=S) groups is 1. The number of rotatable bonds is 6. The van der Waals surface area contributed by atoms with Crippen molar-refractivity contribution in [2.75, 3.05) is 49.1 Å². The maximum absolute atomic E-state index is 14.9. The van der Waals surface area contributed by atoms with Gasteiger partial charge in [0.25, 0.3) is 0 Å². The van der Waals surface area contributed by atoms with Crippen molar-refractivity contribution in [2.24, 2.45) is 0 Å². The van der Waals surface area contributed by atoms with Gasteiger partial charge >= 0.3 is 6.09 Å². The molecule has 0 aliphatic carbocycles. The lowest BCUT2D eigenvalue weighted by atomic mass is 10.2. The van der Waals surface area contributed by atoms with E-state index in [9.17, 15) is 14.0 Å². The molecular formula is C23H25FN4O4S. The van der Waals surface area contributed by atoms with E-state index in [1.54, 1.807) is 48.4 Å². The largest absolute Gasteiger partial charge is 0.465 e. The zero-order valence-electron chi connectivity index (χ0n) is 18.2. The van der Waals surface area contributed by atoms with Gasteiger partial charge in [-0.1, -0.05) is 12.2 Å². The number of carbonyl (C=O) groups excluding carboxylic acids is 2. The van der Waals surface area contributed by atoms with Crippen LogP contribution in [0.15, 0.2) is 47.1 Å². The van der Waals surface area contributed by atoms with Gasteiger partial charge < -0.3 is 24.3 Å². The van der Waals surface area contributed by atoms with Crippen LogP contribution in [0.4, 0.5) is 20.6 Å². The number of benzene rings is 1. The highest BCUT2D eigenvalue weighted by molar-refractivity contribution is 7.80. The molecule has 1 N–H and O–H groups in total. The average molecular weight is 473 g/mol. The number of hydrogen-bond acceptors (Lipinski definition) is 6. The Morgan fingerprint density at radius 1 is 1.27 bits per heavy atom. The van der Waals surface area contributed by atoms with Gasteiger partial charge in [-0.25, -0.2) is 9.18 Å². The Labute approximate surface area is 196 Å². The minimum atomic E-state index is -0.509. The van der Waals surface area contributed by atoms with Gasteiger partial charge in [-0.05, 0) is 43.3 Å². The Balaban J connectivity index is 1.34. The molecule has 2 amide bonds. The minimum Gasteiger partial charge on any atom is -0.465 e. The summed E-state index contributed by atoms with van der Waals surface area (Å²) < 4.78 is 25.5. The number of nitrogens with zero attached hydrogens (tertiary/aromatic N) is 3. The monoisotopic (exact) mass is 472 g/mol. The third-order valence-corrected chi connectivity index (χ3v) is 5.71. The average Bonchev–Trinajstić information content (AvgIpc) is 3.45. The topological polar surface area (TPSA) is 78.3 Å². The highest BCUT2D eigenvalue weighted by Crippen LogP contribution is 2.28. The molecule has 2 aliphatic heterocycles. The molecule has 2 aromatic rings. The first kappa shape index (κ1) is 22.8. The Hall–Kier alpha value is -3.40. The third-order valence-electron chi connectivity index (χ3n) is 5.56. The summed E-state index contributed by atoms with van der Waals surface area (Å²) in [5.74, 6) is 0.0823. The first-order chi connectivity index (χ1) is 15.9. The molecule has 0 spiro atoms. The van der Waals surface area contributed by atoms with Crippen molar-refractivity contribution in [1.82, 2.24) is 10.2 Å². The van der Waals surface area contributed by atoms with Crippen LogP contribution in [0.2, 0.25) is 0 Å². The molecule has 0 saturated carbocycles. The second-order valence-corrected chi connectivity index (χ2v) is 8.46. The number of carbonyl (C=O) groups is 2. The minimum absolute atomic E-state index is 0.109. The van der Waals surface area contributed by atoms with Crippen LogP contribution in [0, 0.1) is 5.82 Å². The van der Waals surface area contributed by atoms with Crippen LogP contribution in [-0.2, 0) is 9.53 Å². The SMILES string of the molecule is CC(=S)NC[C@H]1CN(c2ccc(N3CCN(C(=O)/C=C/c4ccco4)CC3)c(F)c2)C(=O)O1. The van der Waals surface area contributed by atoms with Crippen molar-refractivity contribution in [3.63, 3.8) is 0 Å². The second-order valence-electron chi connectivity index (χ2n) is 7.85. The molecule has 2 fully saturated rings. The lowest BCUT2D eigenvalue weighted by molar-refractivity contribution is -0.126. The number of ether oxygens (including phenoxy) is 1. The smallest absolute Gasteiger partial charge is 0.414 e. The number of furan rings is 1. The Morgan fingerprint density at radius 2 is 2.06 bits per heavy atom. The van der Waals surface area contributed by atoms with Crippen molar-refractivity contribution in [3.8, 4) is 0 Å². The van der Waals surface area contributed by atoms with E-state index in [0.29, 0.717) is 61.4 Å². The van der Waals surface area contributed by atoms with Gasteiger partial charge in [0.1, 0.15) is 17.7 Å². The molecule has 0 unspecified atom stereocenters. The maximum atomic E-state index is 14.9. The molecule has 3 heterocycles. The van der Waals surface area contributed by atoms with Crippen LogP contribution in [0.1, 0.15) is 12.7 Å². The summed E-state index contributed by atoms with van der Waals surface area (Å²) in [4.78, 5) is 30.3. The number of amides is 2. The van der Waals surface area contributed by atoms with Crippen molar-refractivity contribution in [2.45, 2.75) is 13.0 Å². The molecule has 8 nitrogen and oxygen atoms in total. The van der Waals surface area contributed by atoms with E-state index in [1.807, 2.05) is 4.90 Å². The first-order valence-corrected chi connectivity index (χ1v) is 11.1. The normalized spacial score (nSPS) is 18.7. The molecular weight excluding hydrogens is 447 g/mol. The zero-order valence-corrected chi connectivity index (χ0v) is 19.0. The standard InChI is InChI=1S/C23H25FN4O4S/c1-16(33)25-14-19-15-28(23(30)32-19)17-4-6-21(20(24)13-17)26-8-10-27(11-9-26)22(29)7-5-18-3-2-12-31-18/h2-7,12-13,19H,8-11,14-15H2,1H3,(H,25,33)/b7-5+/t19-/m0/s1. The molecule has 10 heteroatoms. The number of halogens is 1. The van der Waals surface area contributed by atoms with Gasteiger partial charge in [-0.2, -0.15) is 0 Å². The Kier molecular flexibility index (Phi) is 6.93. The first-order valence-electron chi connectivity index (χ1n) is 10.7. The number of anilines is 2. The van der Waals surface area contributed by atoms with E-state index in [0.717, 1.165) is 0 Å².